The lowest BCUT2D eigenvalue weighted by Gasteiger charge is -2.14. The Morgan fingerprint density at radius 3 is 2.50 bits per heavy atom. The quantitative estimate of drug-likeness (QED) is 0.765. The van der Waals surface area contributed by atoms with Crippen LogP contribution < -0.4 is 10.2 Å². The molecule has 0 atom stereocenters. The Balaban J connectivity index is 2.60. The molecule has 0 heterocycles. The zero-order valence-electron chi connectivity index (χ0n) is 7.95. The predicted octanol–water partition coefficient (Wildman–Crippen LogP) is 1.91. The van der Waals surface area contributed by atoms with Crippen LogP contribution in [-0.2, 0) is 0 Å². The zero-order chi connectivity index (χ0) is 10.6. The van der Waals surface area contributed by atoms with Crippen molar-refractivity contribution >= 4 is 17.7 Å². The standard InChI is InChI=1S/C9H11ClN2O2/c1-11-12(2)9(13)14-8-5-3-7(10)4-6-8/h3-6,11H,1-2H3. The van der Waals surface area contributed by atoms with Crippen molar-refractivity contribution in [3.8, 4) is 5.75 Å². The van der Waals surface area contributed by atoms with E-state index < -0.39 is 6.09 Å². The summed E-state index contributed by atoms with van der Waals surface area (Å²) in [6.45, 7) is 0. The first kappa shape index (κ1) is 10.8. The Bertz CT molecular complexity index is 313. The lowest BCUT2D eigenvalue weighted by molar-refractivity contribution is 0.147. The topological polar surface area (TPSA) is 41.6 Å². The van der Waals surface area contributed by atoms with Gasteiger partial charge in [0.15, 0.2) is 0 Å². The van der Waals surface area contributed by atoms with Crippen LogP contribution in [-0.4, -0.2) is 25.2 Å². The van der Waals surface area contributed by atoms with Crippen molar-refractivity contribution in [3.63, 3.8) is 0 Å². The molecule has 0 aliphatic rings. The monoisotopic (exact) mass is 214 g/mol. The lowest BCUT2D eigenvalue weighted by atomic mass is 10.3. The average molecular weight is 215 g/mol. The predicted molar refractivity (Wildman–Crippen MR) is 54.3 cm³/mol. The smallest absolute Gasteiger partial charge is 0.409 e. The molecule has 1 aromatic carbocycles. The molecule has 0 saturated heterocycles. The van der Waals surface area contributed by atoms with Crippen LogP contribution in [0, 0.1) is 0 Å². The molecule has 14 heavy (non-hydrogen) atoms. The Morgan fingerprint density at radius 2 is 2.00 bits per heavy atom. The van der Waals surface area contributed by atoms with Crippen molar-refractivity contribution in [1.29, 1.82) is 0 Å². The molecule has 1 aromatic rings. The van der Waals surface area contributed by atoms with Crippen LogP contribution in [0.4, 0.5) is 4.79 Å². The number of hydrogen-bond acceptors (Lipinski definition) is 3. The summed E-state index contributed by atoms with van der Waals surface area (Å²) in [5, 5.41) is 1.83. The van der Waals surface area contributed by atoms with E-state index in [2.05, 4.69) is 5.43 Å². The van der Waals surface area contributed by atoms with E-state index in [1.807, 2.05) is 0 Å². The summed E-state index contributed by atoms with van der Waals surface area (Å²) in [5.74, 6) is 0.460. The molecule has 0 aromatic heterocycles. The minimum absolute atomic E-state index is 0.460. The van der Waals surface area contributed by atoms with Gasteiger partial charge in [-0.15, -0.1) is 0 Å². The van der Waals surface area contributed by atoms with Gasteiger partial charge in [0.2, 0.25) is 0 Å². The molecule has 4 nitrogen and oxygen atoms in total. The number of carbonyl (C=O) groups is 1. The third-order valence-electron chi connectivity index (χ3n) is 1.63. The largest absolute Gasteiger partial charge is 0.429 e. The van der Waals surface area contributed by atoms with Crippen LogP contribution in [0.2, 0.25) is 5.02 Å². The van der Waals surface area contributed by atoms with Crippen LogP contribution in [0.3, 0.4) is 0 Å². The second kappa shape index (κ2) is 4.83. The summed E-state index contributed by atoms with van der Waals surface area (Å²) in [4.78, 5) is 11.2. The fourth-order valence-corrected chi connectivity index (χ4v) is 0.889. The van der Waals surface area contributed by atoms with Crippen LogP contribution in [0.25, 0.3) is 0 Å². The highest BCUT2D eigenvalue weighted by Crippen LogP contribution is 2.15. The summed E-state index contributed by atoms with van der Waals surface area (Å²) >= 11 is 5.67. The second-order valence-corrected chi connectivity index (χ2v) is 3.04. The van der Waals surface area contributed by atoms with Gasteiger partial charge >= 0.3 is 6.09 Å². The molecule has 0 radical (unpaired) electrons. The maximum absolute atomic E-state index is 11.2. The van der Waals surface area contributed by atoms with E-state index in [9.17, 15) is 4.79 Å². The number of halogens is 1. The summed E-state index contributed by atoms with van der Waals surface area (Å²) in [7, 11) is 3.20. The molecule has 1 amide bonds. The van der Waals surface area contributed by atoms with Gasteiger partial charge < -0.3 is 4.74 Å². The lowest BCUT2D eigenvalue weighted by Crippen LogP contribution is -2.38. The van der Waals surface area contributed by atoms with Gasteiger partial charge in [0, 0.05) is 19.1 Å². The first-order valence-electron chi connectivity index (χ1n) is 4.02. The second-order valence-electron chi connectivity index (χ2n) is 2.60. The molecule has 0 aliphatic heterocycles. The molecule has 5 heteroatoms. The van der Waals surface area contributed by atoms with E-state index in [0.29, 0.717) is 10.8 Å². The van der Waals surface area contributed by atoms with Gasteiger partial charge in [0.1, 0.15) is 5.75 Å². The van der Waals surface area contributed by atoms with Crippen molar-refractivity contribution in [3.05, 3.63) is 29.3 Å². The van der Waals surface area contributed by atoms with Crippen LogP contribution in [0.5, 0.6) is 5.75 Å². The van der Waals surface area contributed by atoms with Crippen LogP contribution in [0.1, 0.15) is 0 Å². The Hall–Kier alpha value is -1.26. The van der Waals surface area contributed by atoms with E-state index in [0.717, 1.165) is 0 Å². The zero-order valence-corrected chi connectivity index (χ0v) is 8.71. The normalized spacial score (nSPS) is 9.64. The summed E-state index contributed by atoms with van der Waals surface area (Å²) in [6, 6.07) is 6.57. The van der Waals surface area contributed by atoms with Gasteiger partial charge in [0.25, 0.3) is 0 Å². The molecule has 0 unspecified atom stereocenters. The van der Waals surface area contributed by atoms with Gasteiger partial charge in [-0.1, -0.05) is 11.6 Å². The number of nitrogens with zero attached hydrogens (tertiary/aromatic N) is 1. The van der Waals surface area contributed by atoms with E-state index in [1.165, 1.54) is 5.01 Å². The highest BCUT2D eigenvalue weighted by Gasteiger charge is 2.08. The van der Waals surface area contributed by atoms with Crippen molar-refractivity contribution in [2.45, 2.75) is 0 Å². The number of ether oxygens (including phenoxy) is 1. The van der Waals surface area contributed by atoms with Gasteiger partial charge in [0.05, 0.1) is 0 Å². The van der Waals surface area contributed by atoms with E-state index in [-0.39, 0.29) is 0 Å². The minimum atomic E-state index is -0.477. The number of rotatable bonds is 2. The van der Waals surface area contributed by atoms with Crippen molar-refractivity contribution in [1.82, 2.24) is 10.4 Å². The number of hydrogen-bond donors (Lipinski definition) is 1. The van der Waals surface area contributed by atoms with Gasteiger partial charge in [-0.3, -0.25) is 0 Å². The molecule has 0 spiro atoms. The highest BCUT2D eigenvalue weighted by molar-refractivity contribution is 6.30. The van der Waals surface area contributed by atoms with E-state index in [1.54, 1.807) is 38.4 Å². The molecule has 0 saturated carbocycles. The minimum Gasteiger partial charge on any atom is -0.409 e. The van der Waals surface area contributed by atoms with Crippen LogP contribution in [0.15, 0.2) is 24.3 Å². The number of amides is 1. The van der Waals surface area contributed by atoms with Gasteiger partial charge in [-0.2, -0.15) is 0 Å². The highest BCUT2D eigenvalue weighted by atomic mass is 35.5. The summed E-state index contributed by atoms with van der Waals surface area (Å²) in [5.41, 5.74) is 2.63. The SMILES string of the molecule is CNN(C)C(=O)Oc1ccc(Cl)cc1. The van der Waals surface area contributed by atoms with E-state index in [4.69, 9.17) is 16.3 Å². The Kier molecular flexibility index (Phi) is 3.73. The van der Waals surface area contributed by atoms with Gasteiger partial charge in [-0.05, 0) is 24.3 Å². The maximum Gasteiger partial charge on any atom is 0.429 e. The molecule has 0 fully saturated rings. The molecular weight excluding hydrogens is 204 g/mol. The number of hydrazine groups is 1. The van der Waals surface area contributed by atoms with Gasteiger partial charge in [-0.25, -0.2) is 15.2 Å². The number of carbonyl (C=O) groups excluding carboxylic acids is 1. The Labute approximate surface area is 87.4 Å². The molecule has 76 valence electrons. The van der Waals surface area contributed by atoms with Crippen molar-refractivity contribution in [2.24, 2.45) is 0 Å². The molecule has 1 N–H and O–H groups in total. The van der Waals surface area contributed by atoms with E-state index >= 15 is 0 Å². The third-order valence-corrected chi connectivity index (χ3v) is 1.88. The van der Waals surface area contributed by atoms with Crippen LogP contribution >= 0.6 is 11.6 Å². The first-order valence-corrected chi connectivity index (χ1v) is 4.40. The molecular formula is C9H11ClN2O2. The third kappa shape index (κ3) is 2.90. The molecule has 1 rings (SSSR count). The average Bonchev–Trinajstić information content (AvgIpc) is 2.20. The number of nitrogens with one attached hydrogen (secondary N) is 1. The Morgan fingerprint density at radius 1 is 1.43 bits per heavy atom. The summed E-state index contributed by atoms with van der Waals surface area (Å²) in [6.07, 6.45) is -0.477. The summed E-state index contributed by atoms with van der Waals surface area (Å²) < 4.78 is 4.99. The first-order chi connectivity index (χ1) is 6.63. The molecule has 0 bridgehead atoms. The fourth-order valence-electron chi connectivity index (χ4n) is 0.763. The number of benzene rings is 1. The maximum atomic E-state index is 11.2. The van der Waals surface area contributed by atoms with Crippen molar-refractivity contribution < 1.29 is 9.53 Å². The fraction of sp³-hybridized carbons (Fsp3) is 0.222. The van der Waals surface area contributed by atoms with Crippen molar-refractivity contribution in [2.75, 3.05) is 14.1 Å². The molecule has 0 aliphatic carbocycles.